The quantitative estimate of drug-likeness (QED) is 0.695. The first-order chi connectivity index (χ1) is 6.56. The maximum Gasteiger partial charge on any atom is 0.0669 e. The Labute approximate surface area is 86.4 Å². The molecule has 0 atom stereocenters. The van der Waals surface area contributed by atoms with Crippen molar-refractivity contribution in [3.8, 4) is 6.07 Å². The lowest BCUT2D eigenvalue weighted by Crippen LogP contribution is -1.96. The van der Waals surface area contributed by atoms with Crippen LogP contribution < -0.4 is 0 Å². The van der Waals surface area contributed by atoms with Gasteiger partial charge in [0, 0.05) is 0 Å². The highest BCUT2D eigenvalue weighted by Crippen LogP contribution is 2.22. The number of rotatable bonds is 2. The Bertz CT molecular complexity index is 370. The molecule has 0 radical (unpaired) electrons. The molecular weight excluding hydrogens is 170 g/mol. The second-order valence-corrected chi connectivity index (χ2v) is 4.11. The summed E-state index contributed by atoms with van der Waals surface area (Å²) >= 11 is 0. The molecule has 1 rings (SSSR count). The summed E-state index contributed by atoms with van der Waals surface area (Å²) in [6.07, 6.45) is 0.521. The first-order valence-electron chi connectivity index (χ1n) is 5.03. The zero-order valence-corrected chi connectivity index (χ0v) is 9.39. The molecule has 14 heavy (non-hydrogen) atoms. The third kappa shape index (κ3) is 2.14. The summed E-state index contributed by atoms with van der Waals surface area (Å²) < 4.78 is 0. The topological polar surface area (TPSA) is 23.8 Å². The highest BCUT2D eigenvalue weighted by Gasteiger charge is 2.06. The molecule has 1 aromatic rings. The number of nitriles is 1. The van der Waals surface area contributed by atoms with Crippen LogP contribution in [0.25, 0.3) is 0 Å². The molecular formula is C13H17N. The van der Waals surface area contributed by atoms with Gasteiger partial charge in [0.15, 0.2) is 0 Å². The van der Waals surface area contributed by atoms with Crippen molar-refractivity contribution in [3.05, 3.63) is 34.4 Å². The van der Waals surface area contributed by atoms with Gasteiger partial charge in [-0.05, 0) is 42.0 Å². The second-order valence-electron chi connectivity index (χ2n) is 4.11. The highest BCUT2D eigenvalue weighted by atomic mass is 14.2. The Morgan fingerprint density at radius 3 is 2.43 bits per heavy atom. The molecule has 1 heteroatoms. The normalized spacial score (nSPS) is 10.3. The average molecular weight is 187 g/mol. The molecule has 0 unspecified atom stereocenters. The molecule has 1 nitrogen and oxygen atoms in total. The molecule has 0 aromatic heterocycles. The van der Waals surface area contributed by atoms with Crippen LogP contribution in [0, 0.1) is 25.2 Å². The van der Waals surface area contributed by atoms with Gasteiger partial charge in [0.25, 0.3) is 0 Å². The Hall–Kier alpha value is -1.29. The molecule has 0 saturated heterocycles. The SMILES string of the molecule is Cc1cc(C(C)C)cc(CC#N)c1C. The van der Waals surface area contributed by atoms with Gasteiger partial charge >= 0.3 is 0 Å². The van der Waals surface area contributed by atoms with Gasteiger partial charge in [0.1, 0.15) is 0 Å². The Balaban J connectivity index is 3.22. The lowest BCUT2D eigenvalue weighted by Gasteiger charge is -2.12. The molecule has 0 saturated carbocycles. The van der Waals surface area contributed by atoms with E-state index in [2.05, 4.69) is 45.9 Å². The van der Waals surface area contributed by atoms with Gasteiger partial charge < -0.3 is 0 Å². The fourth-order valence-electron chi connectivity index (χ4n) is 1.56. The second kappa shape index (κ2) is 4.28. The molecule has 0 aliphatic rings. The zero-order chi connectivity index (χ0) is 10.7. The van der Waals surface area contributed by atoms with Crippen LogP contribution >= 0.6 is 0 Å². The van der Waals surface area contributed by atoms with E-state index < -0.39 is 0 Å². The fraction of sp³-hybridized carbons (Fsp3) is 0.462. The van der Waals surface area contributed by atoms with E-state index in [9.17, 15) is 0 Å². The van der Waals surface area contributed by atoms with Crippen molar-refractivity contribution in [1.82, 2.24) is 0 Å². The van der Waals surface area contributed by atoms with E-state index in [1.54, 1.807) is 0 Å². The van der Waals surface area contributed by atoms with Crippen molar-refractivity contribution in [2.24, 2.45) is 0 Å². The van der Waals surface area contributed by atoms with Crippen molar-refractivity contribution < 1.29 is 0 Å². The van der Waals surface area contributed by atoms with Gasteiger partial charge in [0.2, 0.25) is 0 Å². The third-order valence-corrected chi connectivity index (χ3v) is 2.73. The van der Waals surface area contributed by atoms with Crippen LogP contribution in [0.3, 0.4) is 0 Å². The van der Waals surface area contributed by atoms with E-state index in [4.69, 9.17) is 5.26 Å². The molecule has 0 aliphatic carbocycles. The van der Waals surface area contributed by atoms with Crippen molar-refractivity contribution in [1.29, 1.82) is 5.26 Å². The third-order valence-electron chi connectivity index (χ3n) is 2.73. The lowest BCUT2D eigenvalue weighted by atomic mass is 9.93. The molecule has 0 aliphatic heterocycles. The summed E-state index contributed by atoms with van der Waals surface area (Å²) in [5, 5.41) is 8.71. The Kier molecular flexibility index (Phi) is 3.30. The molecule has 0 fully saturated rings. The monoisotopic (exact) mass is 187 g/mol. The van der Waals surface area contributed by atoms with E-state index in [1.165, 1.54) is 22.3 Å². The van der Waals surface area contributed by atoms with Gasteiger partial charge in [-0.2, -0.15) is 5.26 Å². The van der Waals surface area contributed by atoms with E-state index in [1.807, 2.05) is 0 Å². The minimum atomic E-state index is 0.521. The van der Waals surface area contributed by atoms with Gasteiger partial charge in [-0.15, -0.1) is 0 Å². The van der Waals surface area contributed by atoms with Crippen LogP contribution in [0.15, 0.2) is 12.1 Å². The van der Waals surface area contributed by atoms with Crippen LogP contribution in [-0.4, -0.2) is 0 Å². The lowest BCUT2D eigenvalue weighted by molar-refractivity contribution is 0.860. The minimum Gasteiger partial charge on any atom is -0.198 e. The summed E-state index contributed by atoms with van der Waals surface area (Å²) in [7, 11) is 0. The summed E-state index contributed by atoms with van der Waals surface area (Å²) in [4.78, 5) is 0. The Morgan fingerprint density at radius 2 is 1.93 bits per heavy atom. The van der Waals surface area contributed by atoms with Gasteiger partial charge in [-0.1, -0.05) is 26.0 Å². The summed E-state index contributed by atoms with van der Waals surface area (Å²) in [6.45, 7) is 8.56. The molecule has 1 aromatic carbocycles. The standard InChI is InChI=1S/C13H17N/c1-9(2)13-7-10(3)11(4)12(8-13)5-6-14/h7-9H,5H2,1-4H3. The van der Waals surface area contributed by atoms with E-state index in [-0.39, 0.29) is 0 Å². The summed E-state index contributed by atoms with van der Waals surface area (Å²) in [5.41, 5.74) is 5.06. The predicted molar refractivity (Wildman–Crippen MR) is 59.3 cm³/mol. The Morgan fingerprint density at radius 1 is 1.29 bits per heavy atom. The molecule has 0 amide bonds. The summed E-state index contributed by atoms with van der Waals surface area (Å²) in [5.74, 6) is 0.534. The highest BCUT2D eigenvalue weighted by molar-refractivity contribution is 5.40. The predicted octanol–water partition coefficient (Wildman–Crippen LogP) is 3.49. The van der Waals surface area contributed by atoms with Gasteiger partial charge in [-0.3, -0.25) is 0 Å². The van der Waals surface area contributed by atoms with Crippen LogP contribution in [0.1, 0.15) is 42.0 Å². The van der Waals surface area contributed by atoms with Crippen molar-refractivity contribution >= 4 is 0 Å². The largest absolute Gasteiger partial charge is 0.198 e. The first kappa shape index (κ1) is 10.8. The molecule has 0 N–H and O–H groups in total. The molecule has 0 spiro atoms. The van der Waals surface area contributed by atoms with Crippen molar-refractivity contribution in [3.63, 3.8) is 0 Å². The molecule has 0 bridgehead atoms. The van der Waals surface area contributed by atoms with E-state index >= 15 is 0 Å². The zero-order valence-electron chi connectivity index (χ0n) is 9.39. The number of aryl methyl sites for hydroxylation is 1. The van der Waals surface area contributed by atoms with Gasteiger partial charge in [-0.25, -0.2) is 0 Å². The number of nitrogens with zero attached hydrogens (tertiary/aromatic N) is 1. The minimum absolute atomic E-state index is 0.521. The fourth-order valence-corrected chi connectivity index (χ4v) is 1.56. The molecule has 74 valence electrons. The van der Waals surface area contributed by atoms with Crippen LogP contribution in [-0.2, 0) is 6.42 Å². The maximum atomic E-state index is 8.71. The van der Waals surface area contributed by atoms with Crippen LogP contribution in [0.5, 0.6) is 0 Å². The number of hydrogen-bond acceptors (Lipinski definition) is 1. The maximum absolute atomic E-state index is 8.71. The van der Waals surface area contributed by atoms with Crippen molar-refractivity contribution in [2.45, 2.75) is 40.0 Å². The van der Waals surface area contributed by atoms with E-state index in [0.717, 1.165) is 0 Å². The molecule has 0 heterocycles. The average Bonchev–Trinajstić information content (AvgIpc) is 2.12. The van der Waals surface area contributed by atoms with Crippen molar-refractivity contribution in [2.75, 3.05) is 0 Å². The number of benzene rings is 1. The smallest absolute Gasteiger partial charge is 0.0669 e. The van der Waals surface area contributed by atoms with Crippen LogP contribution in [0.4, 0.5) is 0 Å². The first-order valence-corrected chi connectivity index (χ1v) is 5.03. The number of hydrogen-bond donors (Lipinski definition) is 0. The van der Waals surface area contributed by atoms with Crippen LogP contribution in [0.2, 0.25) is 0 Å². The summed E-state index contributed by atoms with van der Waals surface area (Å²) in [6, 6.07) is 6.60. The van der Waals surface area contributed by atoms with Gasteiger partial charge in [0.05, 0.1) is 12.5 Å². The van der Waals surface area contributed by atoms with E-state index in [0.29, 0.717) is 12.3 Å².